The zero-order valence-electron chi connectivity index (χ0n) is 20.4. The molecule has 1 aliphatic carbocycles. The summed E-state index contributed by atoms with van der Waals surface area (Å²) in [6.07, 6.45) is 10.4. The third-order valence-electron chi connectivity index (χ3n) is 6.80. The molecule has 6 heteroatoms. The highest BCUT2D eigenvalue weighted by Crippen LogP contribution is 2.28. The van der Waals surface area contributed by atoms with Gasteiger partial charge in [-0.1, -0.05) is 50.5 Å². The topological polar surface area (TPSA) is 69.9 Å². The van der Waals surface area contributed by atoms with Crippen molar-refractivity contribution >= 4 is 12.4 Å². The first-order valence-corrected chi connectivity index (χ1v) is 12.7. The maximum atomic E-state index is 7.75. The molecular formula is C28H38N4O2. The molecule has 0 radical (unpaired) electrons. The van der Waals surface area contributed by atoms with Crippen LogP contribution in [-0.2, 0) is 13.0 Å². The van der Waals surface area contributed by atoms with Crippen molar-refractivity contribution in [1.29, 1.82) is 5.41 Å². The summed E-state index contributed by atoms with van der Waals surface area (Å²) in [4.78, 5) is 7.38. The van der Waals surface area contributed by atoms with Gasteiger partial charge >= 0.3 is 0 Å². The number of aryl methyl sites for hydroxylation is 1. The second kappa shape index (κ2) is 12.7. The van der Waals surface area contributed by atoms with Crippen LogP contribution in [0.15, 0.2) is 41.4 Å². The van der Waals surface area contributed by atoms with Crippen LogP contribution >= 0.6 is 0 Å². The molecule has 0 spiro atoms. The number of rotatable bonds is 10. The number of piperazine rings is 1. The molecule has 1 saturated heterocycles. The van der Waals surface area contributed by atoms with E-state index < -0.39 is 0 Å². The molecule has 34 heavy (non-hydrogen) atoms. The van der Waals surface area contributed by atoms with Crippen molar-refractivity contribution < 1.29 is 9.47 Å². The normalized spacial score (nSPS) is 17.7. The molecule has 2 fully saturated rings. The van der Waals surface area contributed by atoms with E-state index in [1.807, 2.05) is 24.4 Å². The number of para-hydroxylation sites is 2. The number of hydrogen-bond acceptors (Lipinski definition) is 6. The van der Waals surface area contributed by atoms with Gasteiger partial charge in [0.05, 0.1) is 0 Å². The molecule has 1 aliphatic heterocycles. The van der Waals surface area contributed by atoms with Gasteiger partial charge < -0.3 is 20.2 Å². The predicted molar refractivity (Wildman–Crippen MR) is 139 cm³/mol. The van der Waals surface area contributed by atoms with E-state index in [1.54, 1.807) is 0 Å². The Morgan fingerprint density at radius 3 is 2.35 bits per heavy atom. The highest BCUT2D eigenvalue weighted by Gasteiger charge is 2.17. The van der Waals surface area contributed by atoms with Crippen molar-refractivity contribution in [3.8, 4) is 11.5 Å². The van der Waals surface area contributed by atoms with Gasteiger partial charge in [-0.15, -0.1) is 0 Å². The van der Waals surface area contributed by atoms with Gasteiger partial charge in [-0.25, -0.2) is 0 Å². The molecule has 0 bridgehead atoms. The van der Waals surface area contributed by atoms with Gasteiger partial charge in [0.1, 0.15) is 11.5 Å². The van der Waals surface area contributed by atoms with Gasteiger partial charge in [-0.3, -0.25) is 9.89 Å². The van der Waals surface area contributed by atoms with E-state index in [4.69, 9.17) is 19.9 Å². The largest absolute Gasteiger partial charge is 0.457 e. The Labute approximate surface area is 203 Å². The lowest BCUT2D eigenvalue weighted by atomic mass is 9.96. The minimum Gasteiger partial charge on any atom is -0.457 e. The lowest BCUT2D eigenvalue weighted by Crippen LogP contribution is -2.42. The van der Waals surface area contributed by atoms with Crippen LogP contribution in [0.2, 0.25) is 0 Å². The fourth-order valence-electron chi connectivity index (χ4n) is 4.85. The van der Waals surface area contributed by atoms with Gasteiger partial charge in [0, 0.05) is 67.9 Å². The molecule has 2 aliphatic rings. The fourth-order valence-corrected chi connectivity index (χ4v) is 4.85. The molecule has 0 amide bonds. The SMILES string of the molecule is CCc1cccc(C=N)c1OCOc1c(C=NC2CCCCC2)cccc1CN1CCNCC1. The van der Waals surface area contributed by atoms with Crippen molar-refractivity contribution in [3.63, 3.8) is 0 Å². The van der Waals surface area contributed by atoms with Crippen molar-refractivity contribution in [2.24, 2.45) is 4.99 Å². The van der Waals surface area contributed by atoms with Crippen LogP contribution in [0.4, 0.5) is 0 Å². The minimum absolute atomic E-state index is 0.0979. The van der Waals surface area contributed by atoms with E-state index in [2.05, 4.69) is 35.3 Å². The Bertz CT molecular complexity index is 963. The summed E-state index contributed by atoms with van der Waals surface area (Å²) in [5.74, 6) is 1.59. The average Bonchev–Trinajstić information content (AvgIpc) is 2.89. The van der Waals surface area contributed by atoms with E-state index in [0.717, 1.165) is 72.9 Å². The van der Waals surface area contributed by atoms with E-state index in [1.165, 1.54) is 38.3 Å². The summed E-state index contributed by atoms with van der Waals surface area (Å²) in [6.45, 7) is 7.13. The summed E-state index contributed by atoms with van der Waals surface area (Å²) < 4.78 is 12.4. The van der Waals surface area contributed by atoms with Crippen LogP contribution in [-0.4, -0.2) is 56.3 Å². The number of ether oxygens (including phenoxy) is 2. The van der Waals surface area contributed by atoms with Crippen molar-refractivity contribution in [2.75, 3.05) is 33.0 Å². The smallest absolute Gasteiger partial charge is 0.230 e. The second-order valence-corrected chi connectivity index (χ2v) is 9.17. The predicted octanol–water partition coefficient (Wildman–Crippen LogP) is 4.82. The van der Waals surface area contributed by atoms with Crippen molar-refractivity contribution in [3.05, 3.63) is 58.7 Å². The standard InChI is InChI=1S/C28H38N4O2/c1-2-22-8-6-9-23(18-29)27(22)33-21-34-28-24(19-31-26-12-4-3-5-13-26)10-7-11-25(28)20-32-16-14-30-15-17-32/h6-11,18-19,26,29-30H,2-5,12-17,20-21H2,1H3. The molecule has 0 atom stereocenters. The van der Waals surface area contributed by atoms with E-state index in [-0.39, 0.29) is 6.79 Å². The van der Waals surface area contributed by atoms with E-state index >= 15 is 0 Å². The number of nitrogens with zero attached hydrogens (tertiary/aromatic N) is 2. The summed E-state index contributed by atoms with van der Waals surface area (Å²) in [7, 11) is 0. The van der Waals surface area contributed by atoms with Crippen LogP contribution in [0.3, 0.4) is 0 Å². The number of benzene rings is 2. The maximum absolute atomic E-state index is 7.75. The molecule has 1 saturated carbocycles. The molecule has 182 valence electrons. The van der Waals surface area contributed by atoms with Crippen LogP contribution in [0.5, 0.6) is 11.5 Å². The first kappa shape index (κ1) is 24.4. The lowest BCUT2D eigenvalue weighted by Gasteiger charge is -2.28. The molecule has 0 aromatic heterocycles. The zero-order chi connectivity index (χ0) is 23.6. The first-order chi connectivity index (χ1) is 16.8. The Morgan fingerprint density at radius 2 is 1.65 bits per heavy atom. The molecule has 2 aromatic rings. The zero-order valence-corrected chi connectivity index (χ0v) is 20.4. The van der Waals surface area contributed by atoms with Crippen LogP contribution in [0.25, 0.3) is 0 Å². The number of aliphatic imine (C=N–C) groups is 1. The highest BCUT2D eigenvalue weighted by molar-refractivity contribution is 5.84. The lowest BCUT2D eigenvalue weighted by molar-refractivity contribution is 0.115. The summed E-state index contributed by atoms with van der Waals surface area (Å²) in [5.41, 5.74) is 4.03. The average molecular weight is 463 g/mol. The van der Waals surface area contributed by atoms with Crippen molar-refractivity contribution in [2.45, 2.75) is 58.0 Å². The van der Waals surface area contributed by atoms with E-state index in [9.17, 15) is 0 Å². The second-order valence-electron chi connectivity index (χ2n) is 9.17. The van der Waals surface area contributed by atoms with Gasteiger partial charge in [0.25, 0.3) is 0 Å². The van der Waals surface area contributed by atoms with Crippen molar-refractivity contribution in [1.82, 2.24) is 10.2 Å². The van der Waals surface area contributed by atoms with E-state index in [0.29, 0.717) is 6.04 Å². The quantitative estimate of drug-likeness (QED) is 0.392. The third kappa shape index (κ3) is 6.45. The number of hydrogen-bond donors (Lipinski definition) is 2. The Morgan fingerprint density at radius 1 is 0.971 bits per heavy atom. The van der Waals surface area contributed by atoms with Crippen LogP contribution in [0, 0.1) is 5.41 Å². The molecular weight excluding hydrogens is 424 g/mol. The molecule has 0 unspecified atom stereocenters. The Hall–Kier alpha value is -2.70. The number of nitrogens with one attached hydrogen (secondary N) is 2. The summed E-state index contributed by atoms with van der Waals surface area (Å²) >= 11 is 0. The fraction of sp³-hybridized carbons (Fsp3) is 0.500. The van der Waals surface area contributed by atoms with Gasteiger partial charge in [0.15, 0.2) is 0 Å². The summed E-state index contributed by atoms with van der Waals surface area (Å²) in [5, 5.41) is 11.2. The Balaban J connectivity index is 1.54. The Kier molecular flexibility index (Phi) is 9.11. The highest BCUT2D eigenvalue weighted by atomic mass is 16.7. The maximum Gasteiger partial charge on any atom is 0.230 e. The minimum atomic E-state index is 0.0979. The third-order valence-corrected chi connectivity index (χ3v) is 6.80. The van der Waals surface area contributed by atoms with Gasteiger partial charge in [0.2, 0.25) is 6.79 Å². The van der Waals surface area contributed by atoms with Crippen LogP contribution in [0.1, 0.15) is 61.3 Å². The van der Waals surface area contributed by atoms with Gasteiger partial charge in [-0.05, 0) is 37.0 Å². The molecule has 2 aromatic carbocycles. The monoisotopic (exact) mass is 462 g/mol. The molecule has 4 rings (SSSR count). The van der Waals surface area contributed by atoms with Crippen LogP contribution < -0.4 is 14.8 Å². The summed E-state index contributed by atoms with van der Waals surface area (Å²) in [6, 6.07) is 12.7. The molecule has 1 heterocycles. The first-order valence-electron chi connectivity index (χ1n) is 12.7. The molecule has 6 nitrogen and oxygen atoms in total. The van der Waals surface area contributed by atoms with Gasteiger partial charge in [-0.2, -0.15) is 0 Å². The molecule has 2 N–H and O–H groups in total.